The van der Waals surface area contributed by atoms with E-state index in [0.717, 1.165) is 26.1 Å². The second kappa shape index (κ2) is 7.59. The molecule has 1 aromatic heterocycles. The van der Waals surface area contributed by atoms with E-state index in [-0.39, 0.29) is 5.56 Å². The first-order valence-corrected chi connectivity index (χ1v) is 7.18. The maximum Gasteiger partial charge on any atom is 0.252 e. The molecule has 0 aliphatic heterocycles. The van der Waals surface area contributed by atoms with Crippen LogP contribution in [0.2, 0.25) is 0 Å². The van der Waals surface area contributed by atoms with Crippen molar-refractivity contribution in [3.05, 3.63) is 58.1 Å². The highest BCUT2D eigenvalue weighted by Gasteiger charge is 2.01. The molecule has 5 nitrogen and oxygen atoms in total. The minimum atomic E-state index is -0.119. The summed E-state index contributed by atoms with van der Waals surface area (Å²) in [6, 6.07) is 11.9. The van der Waals surface area contributed by atoms with Crippen molar-refractivity contribution in [3.63, 3.8) is 0 Å². The average Bonchev–Trinajstić information content (AvgIpc) is 2.44. The highest BCUT2D eigenvalue weighted by molar-refractivity contribution is 5.32. The van der Waals surface area contributed by atoms with Gasteiger partial charge in [0.1, 0.15) is 11.6 Å². The lowest BCUT2D eigenvalue weighted by atomic mass is 10.2. The molecule has 0 fully saturated rings. The number of hydrogen-bond acceptors (Lipinski definition) is 4. The third kappa shape index (κ3) is 5.39. The molecule has 0 aliphatic rings. The fraction of sp³-hybridized carbons (Fsp3) is 0.375. The maximum absolute atomic E-state index is 11.3. The summed E-state index contributed by atoms with van der Waals surface area (Å²) in [7, 11) is 2.11. The normalized spacial score (nSPS) is 10.8. The molecule has 0 aliphatic carbocycles. The van der Waals surface area contributed by atoms with Crippen LogP contribution in [0.25, 0.3) is 0 Å². The monoisotopic (exact) mass is 286 g/mol. The van der Waals surface area contributed by atoms with Crippen molar-refractivity contribution in [2.45, 2.75) is 19.9 Å². The summed E-state index contributed by atoms with van der Waals surface area (Å²) in [6.07, 6.45) is 0.997. The van der Waals surface area contributed by atoms with Gasteiger partial charge < -0.3 is 15.2 Å². The lowest BCUT2D eigenvalue weighted by Gasteiger charge is -2.16. The van der Waals surface area contributed by atoms with Crippen molar-refractivity contribution in [1.29, 1.82) is 0 Å². The van der Waals surface area contributed by atoms with E-state index in [1.165, 1.54) is 11.6 Å². The predicted octanol–water partition coefficient (Wildman–Crippen LogP) is 2.01. The lowest BCUT2D eigenvalue weighted by molar-refractivity contribution is 0.325. The highest BCUT2D eigenvalue weighted by atomic mass is 16.1. The van der Waals surface area contributed by atoms with Crippen LogP contribution in [0.1, 0.15) is 17.8 Å². The number of nitrogens with zero attached hydrogens (tertiary/aromatic N) is 2. The second-order valence-electron chi connectivity index (χ2n) is 5.22. The number of benzene rings is 1. The Balaban J connectivity index is 1.70. The molecule has 1 heterocycles. The zero-order chi connectivity index (χ0) is 15.1. The summed E-state index contributed by atoms with van der Waals surface area (Å²) in [4.78, 5) is 20.5. The molecule has 112 valence electrons. The van der Waals surface area contributed by atoms with E-state index in [1.807, 2.05) is 6.07 Å². The molecular weight excluding hydrogens is 264 g/mol. The third-order valence-corrected chi connectivity index (χ3v) is 3.18. The molecule has 0 saturated carbocycles. The molecule has 0 unspecified atom stereocenters. The van der Waals surface area contributed by atoms with Crippen LogP contribution in [0.5, 0.6) is 0 Å². The Morgan fingerprint density at radius 2 is 2.05 bits per heavy atom. The van der Waals surface area contributed by atoms with Gasteiger partial charge in [0, 0.05) is 19.2 Å². The number of aromatic nitrogens is 2. The van der Waals surface area contributed by atoms with Crippen LogP contribution in [0.3, 0.4) is 0 Å². The second-order valence-corrected chi connectivity index (χ2v) is 5.22. The smallest absolute Gasteiger partial charge is 0.252 e. The molecule has 0 saturated heterocycles. The SMILES string of the molecule is Cc1nc(NCCCN(C)Cc2ccccc2)cc(=O)[nH]1. The molecule has 0 radical (unpaired) electrons. The first-order valence-electron chi connectivity index (χ1n) is 7.18. The van der Waals surface area contributed by atoms with E-state index in [1.54, 1.807) is 6.92 Å². The number of aromatic amines is 1. The lowest BCUT2D eigenvalue weighted by Crippen LogP contribution is -2.21. The quantitative estimate of drug-likeness (QED) is 0.764. The molecule has 2 rings (SSSR count). The van der Waals surface area contributed by atoms with Gasteiger partial charge in [0.25, 0.3) is 5.56 Å². The molecule has 2 N–H and O–H groups in total. The summed E-state index contributed by atoms with van der Waals surface area (Å²) in [6.45, 7) is 4.52. The van der Waals surface area contributed by atoms with Gasteiger partial charge in [0.2, 0.25) is 0 Å². The zero-order valence-corrected chi connectivity index (χ0v) is 12.6. The van der Waals surface area contributed by atoms with Crippen LogP contribution in [-0.4, -0.2) is 35.0 Å². The first kappa shape index (κ1) is 15.3. The Morgan fingerprint density at radius 3 is 2.76 bits per heavy atom. The minimum absolute atomic E-state index is 0.119. The van der Waals surface area contributed by atoms with Crippen LogP contribution in [0.4, 0.5) is 5.82 Å². The fourth-order valence-electron chi connectivity index (χ4n) is 2.21. The van der Waals surface area contributed by atoms with Gasteiger partial charge in [-0.25, -0.2) is 4.98 Å². The number of nitrogens with one attached hydrogen (secondary N) is 2. The Bertz CT molecular complexity index is 609. The highest BCUT2D eigenvalue weighted by Crippen LogP contribution is 2.03. The maximum atomic E-state index is 11.3. The molecule has 21 heavy (non-hydrogen) atoms. The van der Waals surface area contributed by atoms with Crippen molar-refractivity contribution < 1.29 is 0 Å². The predicted molar refractivity (Wildman–Crippen MR) is 85.5 cm³/mol. The van der Waals surface area contributed by atoms with E-state index in [0.29, 0.717) is 11.6 Å². The van der Waals surface area contributed by atoms with Gasteiger partial charge in [-0.2, -0.15) is 0 Å². The van der Waals surface area contributed by atoms with Gasteiger partial charge >= 0.3 is 0 Å². The molecule has 2 aromatic rings. The summed E-state index contributed by atoms with van der Waals surface area (Å²) < 4.78 is 0. The molecule has 0 bridgehead atoms. The number of rotatable bonds is 7. The van der Waals surface area contributed by atoms with E-state index in [2.05, 4.69) is 51.5 Å². The van der Waals surface area contributed by atoms with Crippen LogP contribution >= 0.6 is 0 Å². The van der Waals surface area contributed by atoms with Crippen molar-refractivity contribution in [2.24, 2.45) is 0 Å². The molecule has 0 spiro atoms. The van der Waals surface area contributed by atoms with Gasteiger partial charge in [-0.05, 0) is 32.5 Å². The summed E-state index contributed by atoms with van der Waals surface area (Å²) in [5.74, 6) is 1.27. The van der Waals surface area contributed by atoms with Crippen LogP contribution in [-0.2, 0) is 6.54 Å². The Kier molecular flexibility index (Phi) is 5.51. The van der Waals surface area contributed by atoms with Gasteiger partial charge in [0.15, 0.2) is 0 Å². The van der Waals surface area contributed by atoms with E-state index in [4.69, 9.17) is 0 Å². The number of aryl methyl sites for hydroxylation is 1. The van der Waals surface area contributed by atoms with Crippen molar-refractivity contribution in [3.8, 4) is 0 Å². The van der Waals surface area contributed by atoms with Crippen molar-refractivity contribution in [2.75, 3.05) is 25.5 Å². The summed E-state index contributed by atoms with van der Waals surface area (Å²) in [5.41, 5.74) is 1.20. The molecule has 0 atom stereocenters. The molecule has 1 aromatic carbocycles. The Hall–Kier alpha value is -2.14. The van der Waals surface area contributed by atoms with Gasteiger partial charge in [-0.1, -0.05) is 30.3 Å². The van der Waals surface area contributed by atoms with Crippen LogP contribution in [0, 0.1) is 6.92 Å². The largest absolute Gasteiger partial charge is 0.370 e. The Morgan fingerprint density at radius 1 is 1.29 bits per heavy atom. The van der Waals surface area contributed by atoms with E-state index in [9.17, 15) is 4.79 Å². The topological polar surface area (TPSA) is 61.0 Å². The van der Waals surface area contributed by atoms with E-state index >= 15 is 0 Å². The fourth-order valence-corrected chi connectivity index (χ4v) is 2.21. The molecule has 5 heteroatoms. The first-order chi connectivity index (χ1) is 10.1. The van der Waals surface area contributed by atoms with Crippen molar-refractivity contribution in [1.82, 2.24) is 14.9 Å². The Labute approximate surface area is 125 Å². The van der Waals surface area contributed by atoms with Crippen molar-refractivity contribution >= 4 is 5.82 Å². The summed E-state index contributed by atoms with van der Waals surface area (Å²) >= 11 is 0. The van der Waals surface area contributed by atoms with E-state index < -0.39 is 0 Å². The number of hydrogen-bond donors (Lipinski definition) is 2. The summed E-state index contributed by atoms with van der Waals surface area (Å²) in [5, 5.41) is 3.19. The van der Waals surface area contributed by atoms with Crippen LogP contribution in [0.15, 0.2) is 41.2 Å². The van der Waals surface area contributed by atoms with Gasteiger partial charge in [-0.3, -0.25) is 4.79 Å². The molecule has 0 amide bonds. The number of H-pyrrole nitrogens is 1. The van der Waals surface area contributed by atoms with Gasteiger partial charge in [0.05, 0.1) is 0 Å². The third-order valence-electron chi connectivity index (χ3n) is 3.18. The number of anilines is 1. The average molecular weight is 286 g/mol. The standard InChI is InChI=1S/C16H22N4O/c1-13-18-15(11-16(21)19-13)17-9-6-10-20(2)12-14-7-4-3-5-8-14/h3-5,7-8,11H,6,9-10,12H2,1-2H3,(H2,17,18,19,21). The van der Waals surface area contributed by atoms with Gasteiger partial charge in [-0.15, -0.1) is 0 Å². The van der Waals surface area contributed by atoms with Crippen LogP contribution < -0.4 is 10.9 Å². The minimum Gasteiger partial charge on any atom is -0.370 e. The molecular formula is C16H22N4O. The zero-order valence-electron chi connectivity index (χ0n) is 12.6.